The highest BCUT2D eigenvalue weighted by atomic mass is 32.2. The predicted molar refractivity (Wildman–Crippen MR) is 122 cm³/mol. The largest absolute Gasteiger partial charge is 0.342 e. The van der Waals surface area contributed by atoms with E-state index in [0.717, 1.165) is 60.7 Å². The lowest BCUT2D eigenvalue weighted by Crippen LogP contribution is -2.40. The van der Waals surface area contributed by atoms with E-state index in [-0.39, 0.29) is 17.7 Å². The van der Waals surface area contributed by atoms with Gasteiger partial charge in [0.2, 0.25) is 5.91 Å². The number of likely N-dealkylation sites (tertiary alicyclic amines) is 1. The summed E-state index contributed by atoms with van der Waals surface area (Å²) < 4.78 is 0. The fourth-order valence-electron chi connectivity index (χ4n) is 4.04. The highest BCUT2D eigenvalue weighted by Crippen LogP contribution is 2.31. The van der Waals surface area contributed by atoms with Crippen molar-refractivity contribution in [3.8, 4) is 0 Å². The van der Waals surface area contributed by atoms with Crippen LogP contribution in [0.25, 0.3) is 0 Å². The number of carbonyl (C=O) groups is 2. The molecule has 2 aromatic rings. The smallest absolute Gasteiger partial charge is 0.256 e. The van der Waals surface area contributed by atoms with Crippen molar-refractivity contribution >= 4 is 34.9 Å². The van der Waals surface area contributed by atoms with Gasteiger partial charge in [0.25, 0.3) is 5.91 Å². The number of nitrogens with zero attached hydrogens (tertiary/aromatic N) is 3. The van der Waals surface area contributed by atoms with Crippen molar-refractivity contribution in [3.63, 3.8) is 0 Å². The molecule has 0 atom stereocenters. The molecule has 2 aliphatic heterocycles. The van der Waals surface area contributed by atoms with Crippen LogP contribution in [0.4, 0.5) is 0 Å². The van der Waals surface area contributed by atoms with Crippen LogP contribution >= 0.6 is 23.1 Å². The van der Waals surface area contributed by atoms with Crippen LogP contribution < -0.4 is 0 Å². The van der Waals surface area contributed by atoms with Crippen LogP contribution in [0.15, 0.2) is 46.0 Å². The van der Waals surface area contributed by atoms with Gasteiger partial charge in [0.05, 0.1) is 17.0 Å². The minimum atomic E-state index is 0.0764. The Morgan fingerprint density at radius 1 is 1.13 bits per heavy atom. The Balaban J connectivity index is 1.40. The van der Waals surface area contributed by atoms with Crippen LogP contribution in [0.3, 0.4) is 0 Å². The summed E-state index contributed by atoms with van der Waals surface area (Å²) in [4.78, 5) is 35.5. The summed E-state index contributed by atoms with van der Waals surface area (Å²) in [6.45, 7) is 4.85. The molecule has 0 spiro atoms. The van der Waals surface area contributed by atoms with E-state index in [9.17, 15) is 9.59 Å². The molecule has 0 unspecified atom stereocenters. The third kappa shape index (κ3) is 4.95. The molecule has 0 N–H and O–H groups in total. The van der Waals surface area contributed by atoms with Gasteiger partial charge in [-0.05, 0) is 49.8 Å². The molecule has 0 saturated carbocycles. The van der Waals surface area contributed by atoms with Crippen molar-refractivity contribution in [1.82, 2.24) is 14.8 Å². The molecule has 2 aromatic heterocycles. The third-order valence-corrected chi connectivity index (χ3v) is 7.54. The Bertz CT molecular complexity index is 919. The Morgan fingerprint density at radius 2 is 1.97 bits per heavy atom. The highest BCUT2D eigenvalue weighted by Gasteiger charge is 2.29. The van der Waals surface area contributed by atoms with E-state index in [4.69, 9.17) is 4.98 Å². The number of pyridine rings is 1. The summed E-state index contributed by atoms with van der Waals surface area (Å²) in [5, 5.41) is 4.11. The molecule has 2 amide bonds. The molecule has 5 nitrogen and oxygen atoms in total. The standard InChI is InChI=1S/C23H27N3O2S2/c1-17-5-6-20(23(28)26-10-3-2-4-11-26)22(24-17)18-7-12-25(13-8-18)21(27)16-30-19-9-14-29-15-19/h2-3,5-6,9,14-15,18H,4,7-8,10-13,16H2,1H3. The number of hydrogen-bond donors (Lipinski definition) is 0. The number of aromatic nitrogens is 1. The van der Waals surface area contributed by atoms with Crippen molar-refractivity contribution < 1.29 is 9.59 Å². The van der Waals surface area contributed by atoms with Gasteiger partial charge in [-0.15, -0.1) is 11.8 Å². The maximum absolute atomic E-state index is 13.1. The molecular weight excluding hydrogens is 414 g/mol. The number of carbonyl (C=O) groups excluding carboxylic acids is 2. The average Bonchev–Trinajstić information content (AvgIpc) is 3.31. The number of thiophene rings is 1. The molecule has 158 valence electrons. The molecule has 0 aliphatic carbocycles. The van der Waals surface area contributed by atoms with Gasteiger partial charge in [-0.2, -0.15) is 11.3 Å². The van der Waals surface area contributed by atoms with Crippen molar-refractivity contribution in [1.29, 1.82) is 0 Å². The van der Waals surface area contributed by atoms with Gasteiger partial charge in [-0.3, -0.25) is 14.6 Å². The van der Waals surface area contributed by atoms with E-state index < -0.39 is 0 Å². The van der Waals surface area contributed by atoms with E-state index in [1.807, 2.05) is 34.2 Å². The van der Waals surface area contributed by atoms with Gasteiger partial charge < -0.3 is 9.80 Å². The Morgan fingerprint density at radius 3 is 2.67 bits per heavy atom. The van der Waals surface area contributed by atoms with Crippen molar-refractivity contribution in [2.75, 3.05) is 31.9 Å². The monoisotopic (exact) mass is 441 g/mol. The molecule has 4 rings (SSSR count). The first-order valence-electron chi connectivity index (χ1n) is 10.5. The maximum Gasteiger partial charge on any atom is 0.256 e. The number of piperidine rings is 1. The molecular formula is C23H27N3O2S2. The Hall–Kier alpha value is -2.12. The maximum atomic E-state index is 13.1. The number of thioether (sulfide) groups is 1. The lowest BCUT2D eigenvalue weighted by atomic mass is 9.89. The molecule has 0 aromatic carbocycles. The van der Waals surface area contributed by atoms with E-state index in [1.54, 1.807) is 23.1 Å². The summed E-state index contributed by atoms with van der Waals surface area (Å²) in [6, 6.07) is 5.92. The fraction of sp³-hybridized carbons (Fsp3) is 0.435. The predicted octanol–water partition coefficient (Wildman–Crippen LogP) is 4.35. The molecule has 0 bridgehead atoms. The van der Waals surface area contributed by atoms with Gasteiger partial charge >= 0.3 is 0 Å². The first kappa shape index (κ1) is 21.1. The molecule has 30 heavy (non-hydrogen) atoms. The zero-order valence-electron chi connectivity index (χ0n) is 17.3. The first-order valence-corrected chi connectivity index (χ1v) is 12.4. The third-order valence-electron chi connectivity index (χ3n) is 5.73. The van der Waals surface area contributed by atoms with Crippen molar-refractivity contribution in [3.05, 3.63) is 58.1 Å². The van der Waals surface area contributed by atoms with Crippen LogP contribution in [0.1, 0.15) is 46.9 Å². The second-order valence-electron chi connectivity index (χ2n) is 7.80. The van der Waals surface area contributed by atoms with Crippen LogP contribution in [0, 0.1) is 6.92 Å². The van der Waals surface area contributed by atoms with Crippen LogP contribution in [-0.4, -0.2) is 58.5 Å². The average molecular weight is 442 g/mol. The lowest BCUT2D eigenvalue weighted by Gasteiger charge is -2.33. The topological polar surface area (TPSA) is 53.5 Å². The second kappa shape index (κ2) is 9.79. The minimum Gasteiger partial charge on any atom is -0.342 e. The van der Waals surface area contributed by atoms with E-state index >= 15 is 0 Å². The molecule has 4 heterocycles. The van der Waals surface area contributed by atoms with E-state index in [0.29, 0.717) is 12.3 Å². The van der Waals surface area contributed by atoms with Gasteiger partial charge in [0, 0.05) is 48.1 Å². The van der Waals surface area contributed by atoms with Crippen molar-refractivity contribution in [2.45, 2.75) is 37.0 Å². The Kier molecular flexibility index (Phi) is 6.89. The zero-order chi connectivity index (χ0) is 20.9. The Labute approximate surface area is 186 Å². The van der Waals surface area contributed by atoms with Gasteiger partial charge in [0.1, 0.15) is 0 Å². The summed E-state index contributed by atoms with van der Waals surface area (Å²) in [6.07, 6.45) is 6.80. The number of rotatable bonds is 5. The quantitative estimate of drug-likeness (QED) is 0.511. The van der Waals surface area contributed by atoms with E-state index in [2.05, 4.69) is 23.6 Å². The van der Waals surface area contributed by atoms with Crippen molar-refractivity contribution in [2.24, 2.45) is 0 Å². The SMILES string of the molecule is Cc1ccc(C(=O)N2CC=CCC2)c(C2CCN(C(=O)CSc3ccsc3)CC2)n1. The lowest BCUT2D eigenvalue weighted by molar-refractivity contribution is -0.129. The highest BCUT2D eigenvalue weighted by molar-refractivity contribution is 8.00. The molecule has 7 heteroatoms. The minimum absolute atomic E-state index is 0.0764. The molecule has 2 aliphatic rings. The van der Waals surface area contributed by atoms with Crippen LogP contribution in [-0.2, 0) is 4.79 Å². The number of amides is 2. The van der Waals surface area contributed by atoms with E-state index in [1.165, 1.54) is 0 Å². The normalized spacial score (nSPS) is 17.4. The number of hydrogen-bond acceptors (Lipinski definition) is 5. The fourth-order valence-corrected chi connectivity index (χ4v) is 5.72. The number of aryl methyl sites for hydroxylation is 1. The molecule has 1 saturated heterocycles. The zero-order valence-corrected chi connectivity index (χ0v) is 18.9. The second-order valence-corrected chi connectivity index (χ2v) is 9.63. The van der Waals surface area contributed by atoms with Gasteiger partial charge in [-0.1, -0.05) is 12.2 Å². The van der Waals surface area contributed by atoms with Crippen LogP contribution in [0.2, 0.25) is 0 Å². The summed E-state index contributed by atoms with van der Waals surface area (Å²) >= 11 is 3.25. The summed E-state index contributed by atoms with van der Waals surface area (Å²) in [7, 11) is 0. The van der Waals surface area contributed by atoms with Gasteiger partial charge in [-0.25, -0.2) is 0 Å². The van der Waals surface area contributed by atoms with Gasteiger partial charge in [0.15, 0.2) is 0 Å². The summed E-state index contributed by atoms with van der Waals surface area (Å²) in [5.74, 6) is 0.972. The summed E-state index contributed by atoms with van der Waals surface area (Å²) in [5.41, 5.74) is 2.58. The molecule has 1 fully saturated rings. The van der Waals surface area contributed by atoms with Crippen LogP contribution in [0.5, 0.6) is 0 Å². The first-order chi connectivity index (χ1) is 14.6. The molecule has 0 radical (unpaired) electrons.